The first kappa shape index (κ1) is 24.7. The van der Waals surface area contributed by atoms with Gasteiger partial charge in [0, 0.05) is 17.8 Å². The Hall–Kier alpha value is -3.93. The van der Waals surface area contributed by atoms with E-state index >= 15 is 0 Å². The lowest BCUT2D eigenvalue weighted by molar-refractivity contribution is -0.122. The molecule has 6 heteroatoms. The Morgan fingerprint density at radius 3 is 2.00 bits per heavy atom. The number of nitrogens with zero attached hydrogens (tertiary/aromatic N) is 1. The Labute approximate surface area is 201 Å². The highest BCUT2D eigenvalue weighted by Crippen LogP contribution is 2.20. The van der Waals surface area contributed by atoms with Crippen LogP contribution in [-0.2, 0) is 16.1 Å². The van der Waals surface area contributed by atoms with E-state index in [2.05, 4.69) is 24.5 Å². The molecule has 0 aliphatic carbocycles. The van der Waals surface area contributed by atoms with Crippen molar-refractivity contribution in [2.75, 3.05) is 18.4 Å². The minimum atomic E-state index is -0.377. The number of benzene rings is 3. The molecular formula is C28H31N3O3. The second-order valence-corrected chi connectivity index (χ2v) is 8.27. The van der Waals surface area contributed by atoms with Crippen LogP contribution >= 0.6 is 0 Å². The molecule has 2 N–H and O–H groups in total. The summed E-state index contributed by atoms with van der Waals surface area (Å²) in [5.41, 5.74) is 3.23. The predicted octanol–water partition coefficient (Wildman–Crippen LogP) is 4.60. The maximum atomic E-state index is 13.1. The fraction of sp³-hybridized carbons (Fsp3) is 0.250. The Bertz CT molecular complexity index is 1080. The van der Waals surface area contributed by atoms with E-state index in [4.69, 9.17) is 0 Å². The van der Waals surface area contributed by atoms with E-state index in [0.29, 0.717) is 23.7 Å². The molecule has 0 aliphatic heterocycles. The molecule has 0 aromatic heterocycles. The molecule has 0 aliphatic rings. The first-order valence-electron chi connectivity index (χ1n) is 11.5. The molecule has 0 bridgehead atoms. The number of rotatable bonds is 10. The van der Waals surface area contributed by atoms with Crippen molar-refractivity contribution in [2.45, 2.75) is 32.7 Å². The van der Waals surface area contributed by atoms with E-state index in [0.717, 1.165) is 12.0 Å². The summed E-state index contributed by atoms with van der Waals surface area (Å²) >= 11 is 0. The molecule has 3 rings (SSSR count). The second-order valence-electron chi connectivity index (χ2n) is 8.27. The fourth-order valence-corrected chi connectivity index (χ4v) is 3.49. The number of amides is 3. The van der Waals surface area contributed by atoms with E-state index in [1.807, 2.05) is 60.7 Å². The van der Waals surface area contributed by atoms with Crippen molar-refractivity contribution in [3.63, 3.8) is 0 Å². The number of carbonyl (C=O) groups excluding carboxylic acids is 3. The largest absolute Gasteiger partial charge is 0.350 e. The minimum Gasteiger partial charge on any atom is -0.350 e. The first-order chi connectivity index (χ1) is 16.5. The molecule has 0 heterocycles. The standard InChI is InChI=1S/C28H31N3O3/c1-3-21(2)23-14-16-25(17-15-23)30-27(33)20-31(28(34)24-12-8-5-9-13-24)19-26(32)29-18-22-10-6-4-7-11-22/h4-17,21H,3,18-20H2,1-2H3,(H,29,32)(H,30,33). The van der Waals surface area contributed by atoms with Gasteiger partial charge in [-0.25, -0.2) is 0 Å². The van der Waals surface area contributed by atoms with Crippen molar-refractivity contribution in [3.05, 3.63) is 102 Å². The van der Waals surface area contributed by atoms with Crippen molar-refractivity contribution >= 4 is 23.4 Å². The maximum absolute atomic E-state index is 13.1. The normalized spacial score (nSPS) is 11.4. The Morgan fingerprint density at radius 1 is 0.794 bits per heavy atom. The monoisotopic (exact) mass is 457 g/mol. The number of anilines is 1. The molecule has 0 saturated carbocycles. The zero-order valence-electron chi connectivity index (χ0n) is 19.7. The molecule has 3 aromatic carbocycles. The first-order valence-corrected chi connectivity index (χ1v) is 11.5. The topological polar surface area (TPSA) is 78.5 Å². The van der Waals surface area contributed by atoms with Gasteiger partial charge in [0.25, 0.3) is 5.91 Å². The van der Waals surface area contributed by atoms with Crippen molar-refractivity contribution in [3.8, 4) is 0 Å². The molecule has 0 saturated heterocycles. The summed E-state index contributed by atoms with van der Waals surface area (Å²) in [5, 5.41) is 5.65. The fourth-order valence-electron chi connectivity index (χ4n) is 3.49. The van der Waals surface area contributed by atoms with E-state index in [-0.39, 0.29) is 30.8 Å². The molecule has 3 aromatic rings. The molecule has 6 nitrogen and oxygen atoms in total. The molecule has 1 atom stereocenters. The van der Waals surface area contributed by atoms with Crippen LogP contribution < -0.4 is 10.6 Å². The van der Waals surface area contributed by atoms with Crippen LogP contribution in [0.15, 0.2) is 84.9 Å². The summed E-state index contributed by atoms with van der Waals surface area (Å²) in [7, 11) is 0. The van der Waals surface area contributed by atoms with Gasteiger partial charge < -0.3 is 15.5 Å². The number of carbonyl (C=O) groups is 3. The molecule has 1 unspecified atom stereocenters. The lowest BCUT2D eigenvalue weighted by atomic mass is 9.99. The maximum Gasteiger partial charge on any atom is 0.254 e. The van der Waals surface area contributed by atoms with Crippen molar-refractivity contribution < 1.29 is 14.4 Å². The van der Waals surface area contributed by atoms with Gasteiger partial charge in [0.15, 0.2) is 0 Å². The summed E-state index contributed by atoms with van der Waals surface area (Å²) in [6, 6.07) is 25.9. The molecule has 0 fully saturated rings. The highest BCUT2D eigenvalue weighted by Gasteiger charge is 2.21. The van der Waals surface area contributed by atoms with Crippen LogP contribution in [0.1, 0.15) is 47.7 Å². The highest BCUT2D eigenvalue weighted by molar-refractivity contribution is 6.01. The summed E-state index contributed by atoms with van der Waals surface area (Å²) in [6.45, 7) is 4.18. The highest BCUT2D eigenvalue weighted by atomic mass is 16.2. The molecule has 0 spiro atoms. The van der Waals surface area contributed by atoms with Crippen molar-refractivity contribution in [1.29, 1.82) is 0 Å². The van der Waals surface area contributed by atoms with Gasteiger partial charge in [-0.1, -0.05) is 74.5 Å². The molecule has 176 valence electrons. The third kappa shape index (κ3) is 7.30. The van der Waals surface area contributed by atoms with Gasteiger partial charge in [0.2, 0.25) is 11.8 Å². The molecule has 34 heavy (non-hydrogen) atoms. The number of hydrogen-bond donors (Lipinski definition) is 2. The van der Waals surface area contributed by atoms with Gasteiger partial charge in [0.1, 0.15) is 13.1 Å². The average molecular weight is 458 g/mol. The zero-order valence-corrected chi connectivity index (χ0v) is 19.7. The lowest BCUT2D eigenvalue weighted by Gasteiger charge is -2.22. The van der Waals surface area contributed by atoms with Crippen LogP contribution in [0, 0.1) is 0 Å². The SMILES string of the molecule is CCC(C)c1ccc(NC(=O)CN(CC(=O)NCc2ccccc2)C(=O)c2ccccc2)cc1. The van der Waals surface area contributed by atoms with Crippen LogP contribution in [0.3, 0.4) is 0 Å². The van der Waals surface area contributed by atoms with Gasteiger partial charge in [-0.15, -0.1) is 0 Å². The van der Waals surface area contributed by atoms with Crippen LogP contribution in [0.4, 0.5) is 5.69 Å². The molecular weight excluding hydrogens is 426 g/mol. The summed E-state index contributed by atoms with van der Waals surface area (Å²) in [4.78, 5) is 39.7. The average Bonchev–Trinajstić information content (AvgIpc) is 2.87. The van der Waals surface area contributed by atoms with Crippen LogP contribution in [-0.4, -0.2) is 35.7 Å². The summed E-state index contributed by atoms with van der Waals surface area (Å²) < 4.78 is 0. The Kier molecular flexibility index (Phi) is 8.97. The van der Waals surface area contributed by atoms with E-state index in [1.165, 1.54) is 10.5 Å². The van der Waals surface area contributed by atoms with Gasteiger partial charge in [0.05, 0.1) is 0 Å². The molecule has 0 radical (unpaired) electrons. The third-order valence-electron chi connectivity index (χ3n) is 5.69. The minimum absolute atomic E-state index is 0.221. The Balaban J connectivity index is 1.65. The van der Waals surface area contributed by atoms with Crippen LogP contribution in [0.5, 0.6) is 0 Å². The van der Waals surface area contributed by atoms with E-state index in [1.54, 1.807) is 24.3 Å². The summed E-state index contributed by atoms with van der Waals surface area (Å²) in [6.07, 6.45) is 1.04. The van der Waals surface area contributed by atoms with Crippen LogP contribution in [0.25, 0.3) is 0 Å². The van der Waals surface area contributed by atoms with Gasteiger partial charge in [-0.2, -0.15) is 0 Å². The summed E-state index contributed by atoms with van der Waals surface area (Å²) in [5.74, 6) is -0.633. The number of hydrogen-bond acceptors (Lipinski definition) is 3. The van der Waals surface area contributed by atoms with Gasteiger partial charge in [-0.05, 0) is 47.7 Å². The lowest BCUT2D eigenvalue weighted by Crippen LogP contribution is -2.44. The van der Waals surface area contributed by atoms with Crippen molar-refractivity contribution in [2.24, 2.45) is 0 Å². The second kappa shape index (κ2) is 12.3. The third-order valence-corrected chi connectivity index (χ3v) is 5.69. The predicted molar refractivity (Wildman–Crippen MR) is 134 cm³/mol. The van der Waals surface area contributed by atoms with E-state index in [9.17, 15) is 14.4 Å². The smallest absolute Gasteiger partial charge is 0.254 e. The van der Waals surface area contributed by atoms with Crippen LogP contribution in [0.2, 0.25) is 0 Å². The van der Waals surface area contributed by atoms with E-state index < -0.39 is 0 Å². The quantitative estimate of drug-likeness (QED) is 0.467. The number of nitrogens with one attached hydrogen (secondary N) is 2. The van der Waals surface area contributed by atoms with Crippen molar-refractivity contribution in [1.82, 2.24) is 10.2 Å². The Morgan fingerprint density at radius 2 is 1.38 bits per heavy atom. The van der Waals surface area contributed by atoms with Gasteiger partial charge in [-0.3, -0.25) is 14.4 Å². The zero-order chi connectivity index (χ0) is 24.3. The molecule has 3 amide bonds. The van der Waals surface area contributed by atoms with Gasteiger partial charge >= 0.3 is 0 Å².